The van der Waals surface area contributed by atoms with E-state index >= 15 is 0 Å². The summed E-state index contributed by atoms with van der Waals surface area (Å²) >= 11 is 0. The summed E-state index contributed by atoms with van der Waals surface area (Å²) < 4.78 is 10.3. The van der Waals surface area contributed by atoms with E-state index in [4.69, 9.17) is 9.47 Å². The van der Waals surface area contributed by atoms with E-state index in [2.05, 4.69) is 20.6 Å². The van der Waals surface area contributed by atoms with Crippen molar-refractivity contribution in [3.05, 3.63) is 54.1 Å². The van der Waals surface area contributed by atoms with Crippen LogP contribution in [0, 0.1) is 0 Å². The molecule has 12 nitrogen and oxygen atoms in total. The van der Waals surface area contributed by atoms with Gasteiger partial charge in [0, 0.05) is 31.8 Å². The van der Waals surface area contributed by atoms with Crippen LogP contribution in [-0.2, 0) is 46.5 Å². The molecule has 1 aromatic heterocycles. The number of imidazole rings is 1. The summed E-state index contributed by atoms with van der Waals surface area (Å²) in [6.07, 6.45) is 5.12. The number of hydrogen-bond acceptors (Lipinski definition) is 8. The maximum absolute atomic E-state index is 13.5. The van der Waals surface area contributed by atoms with Crippen LogP contribution in [0.15, 0.2) is 42.7 Å². The van der Waals surface area contributed by atoms with Crippen molar-refractivity contribution in [3.8, 4) is 0 Å². The van der Waals surface area contributed by atoms with E-state index in [9.17, 15) is 24.0 Å². The number of nitrogens with zero attached hydrogens (tertiary/aromatic N) is 2. The predicted octanol–water partition coefficient (Wildman–Crippen LogP) is 0.631. The minimum atomic E-state index is -1.03. The van der Waals surface area contributed by atoms with Crippen molar-refractivity contribution in [2.75, 3.05) is 19.7 Å². The third-order valence-corrected chi connectivity index (χ3v) is 5.99. The zero-order valence-electron chi connectivity index (χ0n) is 21.3. The molecule has 2 aromatic rings. The Kier molecular flexibility index (Phi) is 10.8. The number of amides is 3. The van der Waals surface area contributed by atoms with Crippen molar-refractivity contribution < 1.29 is 33.4 Å². The summed E-state index contributed by atoms with van der Waals surface area (Å²) in [6, 6.07) is 7.16. The first-order valence-corrected chi connectivity index (χ1v) is 12.6. The van der Waals surface area contributed by atoms with E-state index in [-0.39, 0.29) is 38.4 Å². The van der Waals surface area contributed by atoms with Gasteiger partial charge in [0.15, 0.2) is 6.61 Å². The highest BCUT2D eigenvalue weighted by Crippen LogP contribution is 2.20. The molecule has 2 atom stereocenters. The van der Waals surface area contributed by atoms with E-state index in [0.717, 1.165) is 5.56 Å². The summed E-state index contributed by atoms with van der Waals surface area (Å²) in [5.74, 6) is -2.27. The molecular formula is C26H33N5O7. The SMILES string of the molecule is CCC(=O)NCC(=O)NC(Cc1ncc[nH]1)C(=O)N1CCCCC1C(=O)OCC(=O)OCc1ccccc1. The molecular weight excluding hydrogens is 494 g/mol. The van der Waals surface area contributed by atoms with E-state index in [1.165, 1.54) is 11.1 Å². The number of ether oxygens (including phenoxy) is 2. The second-order valence-electron chi connectivity index (χ2n) is 8.79. The Morgan fingerprint density at radius 3 is 2.61 bits per heavy atom. The highest BCUT2D eigenvalue weighted by molar-refractivity contribution is 5.92. The Hall–Kier alpha value is -4.22. The maximum atomic E-state index is 13.5. The lowest BCUT2D eigenvalue weighted by Gasteiger charge is -2.36. The molecule has 38 heavy (non-hydrogen) atoms. The van der Waals surface area contributed by atoms with Crippen molar-refractivity contribution >= 4 is 29.7 Å². The Balaban J connectivity index is 1.61. The largest absolute Gasteiger partial charge is 0.458 e. The van der Waals surface area contributed by atoms with Crippen molar-refractivity contribution in [2.24, 2.45) is 0 Å². The summed E-state index contributed by atoms with van der Waals surface area (Å²) in [6.45, 7) is 1.14. The molecule has 1 fully saturated rings. The van der Waals surface area contributed by atoms with Crippen molar-refractivity contribution in [2.45, 2.75) is 57.7 Å². The van der Waals surface area contributed by atoms with E-state index in [1.54, 1.807) is 25.3 Å². The molecule has 0 saturated carbocycles. The number of hydrogen-bond donors (Lipinski definition) is 3. The molecule has 0 aliphatic carbocycles. The van der Waals surface area contributed by atoms with Gasteiger partial charge in [-0.2, -0.15) is 0 Å². The smallest absolute Gasteiger partial charge is 0.344 e. The van der Waals surface area contributed by atoms with Crippen molar-refractivity contribution in [1.82, 2.24) is 25.5 Å². The number of rotatable bonds is 12. The average Bonchev–Trinajstić information content (AvgIpc) is 3.46. The van der Waals surface area contributed by atoms with Crippen LogP contribution >= 0.6 is 0 Å². The zero-order valence-corrected chi connectivity index (χ0v) is 21.3. The topological polar surface area (TPSA) is 160 Å². The van der Waals surface area contributed by atoms with Crippen molar-refractivity contribution in [1.29, 1.82) is 0 Å². The molecule has 12 heteroatoms. The summed E-state index contributed by atoms with van der Waals surface area (Å²) in [5, 5.41) is 5.12. The zero-order chi connectivity index (χ0) is 27.3. The fourth-order valence-electron chi connectivity index (χ4n) is 4.00. The standard InChI is InChI=1S/C26H33N5O7/c1-2-22(32)29-15-23(33)30-19(14-21-27-11-12-28-21)25(35)31-13-7-6-10-20(31)26(36)38-17-24(34)37-16-18-8-4-3-5-9-18/h3-5,8-9,11-12,19-20H,2,6-7,10,13-17H2,1H3,(H,27,28)(H,29,32)(H,30,33). The Bertz CT molecular complexity index is 1090. The summed E-state index contributed by atoms with van der Waals surface area (Å²) in [4.78, 5) is 70.9. The van der Waals surface area contributed by atoms with Gasteiger partial charge in [-0.3, -0.25) is 14.4 Å². The van der Waals surface area contributed by atoms with Crippen LogP contribution in [0.25, 0.3) is 0 Å². The lowest BCUT2D eigenvalue weighted by atomic mass is 10.00. The van der Waals surface area contributed by atoms with Crippen LogP contribution in [-0.4, -0.2) is 76.3 Å². The Morgan fingerprint density at radius 2 is 1.89 bits per heavy atom. The van der Waals surface area contributed by atoms with Crippen molar-refractivity contribution in [3.63, 3.8) is 0 Å². The molecule has 204 valence electrons. The number of H-pyrrole nitrogens is 1. The van der Waals surface area contributed by atoms with Gasteiger partial charge in [-0.25, -0.2) is 14.6 Å². The van der Waals surface area contributed by atoms with Gasteiger partial charge in [0.1, 0.15) is 24.5 Å². The highest BCUT2D eigenvalue weighted by atomic mass is 16.6. The molecule has 1 aromatic carbocycles. The van der Waals surface area contributed by atoms with Gasteiger partial charge in [0.05, 0.1) is 6.54 Å². The van der Waals surface area contributed by atoms with Gasteiger partial charge in [0.25, 0.3) is 0 Å². The number of nitrogens with one attached hydrogen (secondary N) is 3. The van der Waals surface area contributed by atoms with Crippen LogP contribution in [0.5, 0.6) is 0 Å². The van der Waals surface area contributed by atoms with Gasteiger partial charge >= 0.3 is 11.9 Å². The average molecular weight is 528 g/mol. The fourth-order valence-corrected chi connectivity index (χ4v) is 4.00. The maximum Gasteiger partial charge on any atom is 0.344 e. The van der Waals surface area contributed by atoms with E-state index in [1.807, 2.05) is 18.2 Å². The minimum Gasteiger partial charge on any atom is -0.458 e. The van der Waals surface area contributed by atoms with Gasteiger partial charge in [-0.05, 0) is 24.8 Å². The second-order valence-corrected chi connectivity index (χ2v) is 8.79. The highest BCUT2D eigenvalue weighted by Gasteiger charge is 2.37. The number of benzene rings is 1. The van der Waals surface area contributed by atoms with Gasteiger partial charge in [-0.1, -0.05) is 37.3 Å². The number of esters is 2. The minimum absolute atomic E-state index is 0.0537. The first-order chi connectivity index (χ1) is 18.4. The lowest BCUT2D eigenvalue weighted by molar-refractivity contribution is -0.165. The third kappa shape index (κ3) is 8.71. The number of carbonyl (C=O) groups is 5. The molecule has 0 spiro atoms. The Labute approximate surface area is 220 Å². The number of likely N-dealkylation sites (tertiary alicyclic amines) is 1. The predicted molar refractivity (Wildman–Crippen MR) is 134 cm³/mol. The fraction of sp³-hybridized carbons (Fsp3) is 0.462. The normalized spacial score (nSPS) is 15.7. The molecule has 2 unspecified atom stereocenters. The molecule has 3 N–H and O–H groups in total. The monoisotopic (exact) mass is 527 g/mol. The molecule has 1 aliphatic rings. The molecule has 1 saturated heterocycles. The van der Waals surface area contributed by atoms with E-state index < -0.39 is 42.4 Å². The van der Waals surface area contributed by atoms with Gasteiger partial charge < -0.3 is 30.0 Å². The van der Waals surface area contributed by atoms with Crippen LogP contribution in [0.4, 0.5) is 0 Å². The molecule has 1 aliphatic heterocycles. The van der Waals surface area contributed by atoms with Crippen LogP contribution < -0.4 is 10.6 Å². The molecule has 0 radical (unpaired) electrons. The number of aromatic amines is 1. The van der Waals surface area contributed by atoms with Gasteiger partial charge in [-0.15, -0.1) is 0 Å². The number of aromatic nitrogens is 2. The summed E-state index contributed by atoms with van der Waals surface area (Å²) in [5.41, 5.74) is 0.801. The van der Waals surface area contributed by atoms with Crippen LogP contribution in [0.3, 0.4) is 0 Å². The second kappa shape index (κ2) is 14.5. The molecule has 0 bridgehead atoms. The molecule has 3 amide bonds. The first-order valence-electron chi connectivity index (χ1n) is 12.6. The molecule has 2 heterocycles. The summed E-state index contributed by atoms with van der Waals surface area (Å²) in [7, 11) is 0. The van der Waals surface area contributed by atoms with E-state index in [0.29, 0.717) is 25.1 Å². The Morgan fingerprint density at radius 1 is 1.11 bits per heavy atom. The third-order valence-electron chi connectivity index (χ3n) is 5.99. The number of piperidine rings is 1. The van der Waals surface area contributed by atoms with Crippen LogP contribution in [0.2, 0.25) is 0 Å². The molecule has 3 rings (SSSR count). The van der Waals surface area contributed by atoms with Crippen LogP contribution in [0.1, 0.15) is 44.0 Å². The quantitative estimate of drug-likeness (QED) is 0.339. The van der Waals surface area contributed by atoms with Gasteiger partial charge in [0.2, 0.25) is 17.7 Å². The first kappa shape index (κ1) is 28.4. The lowest BCUT2D eigenvalue weighted by Crippen LogP contribution is -2.57. The number of carbonyl (C=O) groups excluding carboxylic acids is 5.